The van der Waals surface area contributed by atoms with Crippen molar-refractivity contribution in [3.05, 3.63) is 88.4 Å². The number of hydrogen-bond acceptors (Lipinski definition) is 5. The summed E-state index contributed by atoms with van der Waals surface area (Å²) in [6.45, 7) is 7.17. The van der Waals surface area contributed by atoms with Crippen LogP contribution in [0.25, 0.3) is 0 Å². The van der Waals surface area contributed by atoms with Crippen LogP contribution in [-0.4, -0.2) is 51.4 Å². The van der Waals surface area contributed by atoms with Gasteiger partial charge in [0.1, 0.15) is 18.3 Å². The summed E-state index contributed by atoms with van der Waals surface area (Å²) in [4.78, 5) is 28.1. The van der Waals surface area contributed by atoms with Crippen LogP contribution in [0.4, 0.5) is 5.69 Å². The SMILES string of the molecule is CCNC(=O)[C@@H](C)N(Cc1cccc(OC)c1)C(=O)CN(c1ccc(C)c(C)c1)S(=O)(=O)c1ccc(Cl)cc1. The van der Waals surface area contributed by atoms with Crippen LogP contribution in [0, 0.1) is 13.8 Å². The Balaban J connectivity index is 2.06. The van der Waals surface area contributed by atoms with Crippen LogP contribution in [0.2, 0.25) is 5.02 Å². The molecule has 0 heterocycles. The Bertz CT molecular complexity index is 1430. The molecule has 0 aliphatic carbocycles. The first-order chi connectivity index (χ1) is 18.5. The number of nitrogens with zero attached hydrogens (tertiary/aromatic N) is 2. The zero-order valence-electron chi connectivity index (χ0n) is 22.8. The maximum absolute atomic E-state index is 13.9. The van der Waals surface area contributed by atoms with Crippen molar-refractivity contribution in [3.63, 3.8) is 0 Å². The molecule has 1 N–H and O–H groups in total. The van der Waals surface area contributed by atoms with Crippen LogP contribution in [0.15, 0.2) is 71.6 Å². The van der Waals surface area contributed by atoms with Gasteiger partial charge in [0.05, 0.1) is 17.7 Å². The summed E-state index contributed by atoms with van der Waals surface area (Å²) >= 11 is 6.00. The van der Waals surface area contributed by atoms with Gasteiger partial charge >= 0.3 is 0 Å². The van der Waals surface area contributed by atoms with E-state index in [2.05, 4.69) is 5.32 Å². The van der Waals surface area contributed by atoms with Crippen LogP contribution in [0.1, 0.15) is 30.5 Å². The highest BCUT2D eigenvalue weighted by atomic mass is 35.5. The van der Waals surface area contributed by atoms with Gasteiger partial charge < -0.3 is 15.0 Å². The zero-order chi connectivity index (χ0) is 28.7. The average Bonchev–Trinajstić information content (AvgIpc) is 2.92. The molecule has 1 atom stereocenters. The van der Waals surface area contributed by atoms with E-state index in [9.17, 15) is 18.0 Å². The van der Waals surface area contributed by atoms with Crippen LogP contribution < -0.4 is 14.4 Å². The second-order valence-corrected chi connectivity index (χ2v) is 11.5. The summed E-state index contributed by atoms with van der Waals surface area (Å²) < 4.78 is 34.1. The maximum Gasteiger partial charge on any atom is 0.264 e. The summed E-state index contributed by atoms with van der Waals surface area (Å²) in [6, 6.07) is 17.3. The zero-order valence-corrected chi connectivity index (χ0v) is 24.3. The Hall–Kier alpha value is -3.56. The minimum atomic E-state index is -4.16. The highest BCUT2D eigenvalue weighted by Crippen LogP contribution is 2.27. The number of benzene rings is 3. The molecule has 3 rings (SSSR count). The molecule has 39 heavy (non-hydrogen) atoms. The molecule has 0 radical (unpaired) electrons. The molecule has 3 aromatic carbocycles. The molecule has 0 saturated heterocycles. The highest BCUT2D eigenvalue weighted by molar-refractivity contribution is 7.92. The Morgan fingerprint density at radius 3 is 2.31 bits per heavy atom. The van der Waals surface area contributed by atoms with Gasteiger partial charge in [-0.05, 0) is 92.9 Å². The van der Waals surface area contributed by atoms with E-state index in [1.807, 2.05) is 26.0 Å². The van der Waals surface area contributed by atoms with Gasteiger partial charge in [-0.15, -0.1) is 0 Å². The van der Waals surface area contributed by atoms with Gasteiger partial charge in [0.2, 0.25) is 11.8 Å². The van der Waals surface area contributed by atoms with E-state index in [1.54, 1.807) is 51.3 Å². The number of ether oxygens (including phenoxy) is 1. The molecule has 3 aromatic rings. The summed E-state index contributed by atoms with van der Waals surface area (Å²) in [5.41, 5.74) is 2.93. The fourth-order valence-corrected chi connectivity index (χ4v) is 5.55. The van der Waals surface area contributed by atoms with Crippen LogP contribution in [-0.2, 0) is 26.2 Å². The average molecular weight is 572 g/mol. The fraction of sp³-hybridized carbons (Fsp3) is 0.310. The number of rotatable bonds is 11. The van der Waals surface area contributed by atoms with Crippen LogP contribution >= 0.6 is 11.6 Å². The molecule has 0 aromatic heterocycles. The quantitative estimate of drug-likeness (QED) is 0.359. The predicted molar refractivity (Wildman–Crippen MR) is 154 cm³/mol. The van der Waals surface area contributed by atoms with Crippen LogP contribution in [0.3, 0.4) is 0 Å². The van der Waals surface area contributed by atoms with Gasteiger partial charge in [0, 0.05) is 18.1 Å². The fourth-order valence-electron chi connectivity index (χ4n) is 4.02. The van der Waals surface area contributed by atoms with Gasteiger partial charge in [-0.25, -0.2) is 8.42 Å². The normalized spacial score (nSPS) is 11.9. The maximum atomic E-state index is 13.9. The third-order valence-corrected chi connectivity index (χ3v) is 8.50. The summed E-state index contributed by atoms with van der Waals surface area (Å²) in [5, 5.41) is 3.14. The monoisotopic (exact) mass is 571 g/mol. The number of halogens is 1. The molecule has 10 heteroatoms. The Morgan fingerprint density at radius 2 is 1.69 bits per heavy atom. The Kier molecular flexibility index (Phi) is 9.99. The number of carbonyl (C=O) groups excluding carboxylic acids is 2. The van der Waals surface area contributed by atoms with E-state index >= 15 is 0 Å². The van der Waals surface area contributed by atoms with Gasteiger partial charge in [-0.1, -0.05) is 29.8 Å². The van der Waals surface area contributed by atoms with Crippen molar-refractivity contribution in [2.75, 3.05) is 24.5 Å². The molecule has 8 nitrogen and oxygen atoms in total. The number of carbonyl (C=O) groups is 2. The molecular formula is C29H34ClN3O5S. The summed E-state index contributed by atoms with van der Waals surface area (Å²) in [6.07, 6.45) is 0. The predicted octanol–water partition coefficient (Wildman–Crippen LogP) is 4.71. The summed E-state index contributed by atoms with van der Waals surface area (Å²) in [5.74, 6) is -0.271. The Morgan fingerprint density at radius 1 is 1.00 bits per heavy atom. The van der Waals surface area contributed by atoms with E-state index in [0.717, 1.165) is 21.0 Å². The second kappa shape index (κ2) is 13.0. The lowest BCUT2D eigenvalue weighted by molar-refractivity contribution is -0.139. The first-order valence-electron chi connectivity index (χ1n) is 12.5. The number of nitrogens with one attached hydrogen (secondary N) is 1. The number of aryl methyl sites for hydroxylation is 2. The van der Waals surface area contributed by atoms with Crippen molar-refractivity contribution in [2.24, 2.45) is 0 Å². The smallest absolute Gasteiger partial charge is 0.264 e. The first kappa shape index (κ1) is 30.0. The molecule has 0 fully saturated rings. The highest BCUT2D eigenvalue weighted by Gasteiger charge is 2.32. The lowest BCUT2D eigenvalue weighted by atomic mass is 10.1. The van der Waals surface area contributed by atoms with E-state index < -0.39 is 28.5 Å². The van der Waals surface area contributed by atoms with Crippen molar-refractivity contribution < 1.29 is 22.7 Å². The third kappa shape index (κ3) is 7.30. The molecule has 0 unspecified atom stereocenters. The second-order valence-electron chi connectivity index (χ2n) is 9.18. The van der Waals surface area contributed by atoms with Gasteiger partial charge in [-0.3, -0.25) is 13.9 Å². The number of methoxy groups -OCH3 is 1. The number of hydrogen-bond donors (Lipinski definition) is 1. The number of amides is 2. The van der Waals surface area contributed by atoms with Crippen molar-refractivity contribution in [2.45, 2.75) is 45.2 Å². The van der Waals surface area contributed by atoms with E-state index in [0.29, 0.717) is 23.0 Å². The summed E-state index contributed by atoms with van der Waals surface area (Å²) in [7, 11) is -2.62. The lowest BCUT2D eigenvalue weighted by Crippen LogP contribution is -2.51. The molecule has 0 aliphatic heterocycles. The van der Waals surface area contributed by atoms with Gasteiger partial charge in [0.25, 0.3) is 10.0 Å². The van der Waals surface area contributed by atoms with Crippen molar-refractivity contribution in [1.82, 2.24) is 10.2 Å². The topological polar surface area (TPSA) is 96.0 Å². The van der Waals surface area contributed by atoms with Gasteiger partial charge in [-0.2, -0.15) is 0 Å². The molecular weight excluding hydrogens is 538 g/mol. The molecule has 0 aliphatic rings. The number of likely N-dealkylation sites (N-methyl/N-ethyl adjacent to an activating group) is 1. The molecule has 0 bridgehead atoms. The minimum Gasteiger partial charge on any atom is -0.497 e. The van der Waals surface area contributed by atoms with Crippen molar-refractivity contribution in [3.8, 4) is 5.75 Å². The molecule has 2 amide bonds. The van der Waals surface area contributed by atoms with Crippen LogP contribution in [0.5, 0.6) is 5.75 Å². The third-order valence-electron chi connectivity index (χ3n) is 6.46. The Labute approximate surface area is 235 Å². The molecule has 0 saturated carbocycles. The lowest BCUT2D eigenvalue weighted by Gasteiger charge is -2.32. The molecule has 0 spiro atoms. The minimum absolute atomic E-state index is 0.00551. The first-order valence-corrected chi connectivity index (χ1v) is 14.4. The van der Waals surface area contributed by atoms with Gasteiger partial charge in [0.15, 0.2) is 0 Å². The van der Waals surface area contributed by atoms with E-state index in [1.165, 1.54) is 29.2 Å². The molecule has 208 valence electrons. The van der Waals surface area contributed by atoms with Crippen molar-refractivity contribution >= 4 is 39.1 Å². The van der Waals surface area contributed by atoms with E-state index in [4.69, 9.17) is 16.3 Å². The van der Waals surface area contributed by atoms with Crippen molar-refractivity contribution in [1.29, 1.82) is 0 Å². The largest absolute Gasteiger partial charge is 0.497 e. The standard InChI is InChI=1S/C29H34ClN3O5S/c1-6-31-29(35)22(4)32(18-23-8-7-9-26(17-23)38-5)28(34)19-33(25-13-10-20(2)21(3)16-25)39(36,37)27-14-11-24(30)12-15-27/h7-17,22H,6,18-19H2,1-5H3,(H,31,35)/t22-/m1/s1. The van der Waals surface area contributed by atoms with E-state index in [-0.39, 0.29) is 17.3 Å². The number of sulfonamides is 1. The number of anilines is 1.